The highest BCUT2D eigenvalue weighted by molar-refractivity contribution is 5.86. The van der Waals surface area contributed by atoms with Gasteiger partial charge in [-0.1, -0.05) is 20.8 Å². The highest BCUT2D eigenvalue weighted by Crippen LogP contribution is 2.36. The number of piperidine rings is 1. The van der Waals surface area contributed by atoms with Crippen molar-refractivity contribution in [3.05, 3.63) is 0 Å². The summed E-state index contributed by atoms with van der Waals surface area (Å²) < 4.78 is 0. The van der Waals surface area contributed by atoms with Gasteiger partial charge in [-0.3, -0.25) is 4.79 Å². The van der Waals surface area contributed by atoms with Crippen LogP contribution in [-0.2, 0) is 9.59 Å². The van der Waals surface area contributed by atoms with Crippen LogP contribution in [0.15, 0.2) is 0 Å². The van der Waals surface area contributed by atoms with E-state index < -0.39 is 17.4 Å². The molecule has 5 nitrogen and oxygen atoms in total. The van der Waals surface area contributed by atoms with E-state index in [1.54, 1.807) is 13.8 Å². The van der Waals surface area contributed by atoms with Gasteiger partial charge in [-0.15, -0.1) is 0 Å². The fourth-order valence-electron chi connectivity index (χ4n) is 2.58. The fraction of sp³-hybridized carbons (Fsp3) is 0.846. The SMILES string of the molecule is CC(N)C(C)C(=O)N1CCCC(C)(C)C1C(=O)O. The maximum atomic E-state index is 12.3. The average molecular weight is 256 g/mol. The lowest BCUT2D eigenvalue weighted by Crippen LogP contribution is -2.58. The third-order valence-corrected chi connectivity index (χ3v) is 3.97. The molecule has 0 bridgehead atoms. The number of amides is 1. The molecule has 18 heavy (non-hydrogen) atoms. The predicted octanol–water partition coefficient (Wildman–Crippen LogP) is 1.07. The van der Waals surface area contributed by atoms with Gasteiger partial charge in [-0.2, -0.15) is 0 Å². The van der Waals surface area contributed by atoms with Crippen LogP contribution in [0, 0.1) is 11.3 Å². The summed E-state index contributed by atoms with van der Waals surface area (Å²) in [5.74, 6) is -1.42. The van der Waals surface area contributed by atoms with Crippen LogP contribution in [0.2, 0.25) is 0 Å². The summed E-state index contributed by atoms with van der Waals surface area (Å²) in [6.07, 6.45) is 1.66. The Morgan fingerprint density at radius 3 is 2.39 bits per heavy atom. The van der Waals surface area contributed by atoms with E-state index >= 15 is 0 Å². The minimum Gasteiger partial charge on any atom is -0.480 e. The molecule has 1 amide bonds. The number of likely N-dealkylation sites (tertiary alicyclic amines) is 1. The topological polar surface area (TPSA) is 83.6 Å². The molecule has 0 aromatic heterocycles. The first-order valence-electron chi connectivity index (χ1n) is 6.47. The van der Waals surface area contributed by atoms with Gasteiger partial charge < -0.3 is 15.7 Å². The van der Waals surface area contributed by atoms with Gasteiger partial charge in [0.2, 0.25) is 5.91 Å². The van der Waals surface area contributed by atoms with Crippen molar-refractivity contribution in [3.8, 4) is 0 Å². The van der Waals surface area contributed by atoms with Crippen LogP contribution in [0.3, 0.4) is 0 Å². The van der Waals surface area contributed by atoms with Gasteiger partial charge in [-0.25, -0.2) is 4.79 Å². The van der Waals surface area contributed by atoms with E-state index in [1.165, 1.54) is 4.90 Å². The number of nitrogens with zero attached hydrogens (tertiary/aromatic N) is 1. The van der Waals surface area contributed by atoms with Crippen molar-refractivity contribution in [1.29, 1.82) is 0 Å². The summed E-state index contributed by atoms with van der Waals surface area (Å²) in [6.45, 7) is 7.85. The summed E-state index contributed by atoms with van der Waals surface area (Å²) >= 11 is 0. The van der Waals surface area contributed by atoms with Gasteiger partial charge in [0.25, 0.3) is 0 Å². The average Bonchev–Trinajstić information content (AvgIpc) is 2.24. The molecule has 5 heteroatoms. The zero-order chi connectivity index (χ0) is 14.1. The Hall–Kier alpha value is -1.10. The molecule has 1 saturated heterocycles. The first-order valence-corrected chi connectivity index (χ1v) is 6.47. The lowest BCUT2D eigenvalue weighted by Gasteiger charge is -2.45. The standard InChI is InChI=1S/C13H24N2O3/c1-8(9(2)14)11(16)15-7-5-6-13(3,4)10(15)12(17)18/h8-10H,5-7,14H2,1-4H3,(H,17,18). The number of nitrogens with two attached hydrogens (primary N) is 1. The highest BCUT2D eigenvalue weighted by atomic mass is 16.4. The quantitative estimate of drug-likeness (QED) is 0.791. The molecule has 3 N–H and O–H groups in total. The second kappa shape index (κ2) is 5.26. The van der Waals surface area contributed by atoms with Crippen molar-refractivity contribution < 1.29 is 14.7 Å². The lowest BCUT2D eigenvalue weighted by atomic mass is 9.76. The van der Waals surface area contributed by atoms with E-state index in [0.717, 1.165) is 12.8 Å². The molecular weight excluding hydrogens is 232 g/mol. The number of hydrogen-bond donors (Lipinski definition) is 2. The molecule has 1 fully saturated rings. The maximum Gasteiger partial charge on any atom is 0.326 e. The number of carbonyl (C=O) groups excluding carboxylic acids is 1. The Bertz CT molecular complexity index is 339. The normalized spacial score (nSPS) is 26.5. The van der Waals surface area contributed by atoms with Gasteiger partial charge in [0.15, 0.2) is 0 Å². The summed E-state index contributed by atoms with van der Waals surface area (Å²) in [5.41, 5.74) is 5.35. The summed E-state index contributed by atoms with van der Waals surface area (Å²) in [5, 5.41) is 9.39. The van der Waals surface area contributed by atoms with E-state index in [0.29, 0.717) is 6.54 Å². The van der Waals surface area contributed by atoms with Crippen molar-refractivity contribution >= 4 is 11.9 Å². The summed E-state index contributed by atoms with van der Waals surface area (Å²) in [4.78, 5) is 25.3. The zero-order valence-corrected chi connectivity index (χ0v) is 11.6. The molecule has 0 radical (unpaired) electrons. The van der Waals surface area contributed by atoms with Gasteiger partial charge in [-0.05, 0) is 25.2 Å². The van der Waals surface area contributed by atoms with Gasteiger partial charge in [0.05, 0.1) is 5.92 Å². The number of aliphatic carboxylic acids is 1. The second-order valence-corrected chi connectivity index (χ2v) is 6.01. The third kappa shape index (κ3) is 2.83. The van der Waals surface area contributed by atoms with Crippen LogP contribution in [0.1, 0.15) is 40.5 Å². The largest absolute Gasteiger partial charge is 0.480 e. The Labute approximate surface area is 108 Å². The Balaban J connectivity index is 2.98. The molecule has 1 aliphatic rings. The first kappa shape index (κ1) is 15.0. The van der Waals surface area contributed by atoms with E-state index in [-0.39, 0.29) is 17.9 Å². The van der Waals surface area contributed by atoms with Crippen LogP contribution < -0.4 is 5.73 Å². The number of carbonyl (C=O) groups is 2. The molecule has 3 atom stereocenters. The molecule has 0 aliphatic carbocycles. The molecule has 0 aromatic rings. The van der Waals surface area contributed by atoms with Crippen molar-refractivity contribution in [2.45, 2.75) is 52.6 Å². The Kier molecular flexibility index (Phi) is 4.37. The van der Waals surface area contributed by atoms with Crippen LogP contribution in [-0.4, -0.2) is 40.5 Å². The van der Waals surface area contributed by atoms with Gasteiger partial charge in [0, 0.05) is 12.6 Å². The van der Waals surface area contributed by atoms with Crippen molar-refractivity contribution in [1.82, 2.24) is 4.90 Å². The fourth-order valence-corrected chi connectivity index (χ4v) is 2.58. The van der Waals surface area contributed by atoms with E-state index in [1.807, 2.05) is 13.8 Å². The number of rotatable bonds is 3. The van der Waals surface area contributed by atoms with Gasteiger partial charge in [0.1, 0.15) is 6.04 Å². The Morgan fingerprint density at radius 1 is 1.39 bits per heavy atom. The number of carboxylic acids is 1. The van der Waals surface area contributed by atoms with Crippen LogP contribution >= 0.6 is 0 Å². The minimum absolute atomic E-state index is 0.148. The monoisotopic (exact) mass is 256 g/mol. The molecular formula is C13H24N2O3. The van der Waals surface area contributed by atoms with Crippen molar-refractivity contribution in [2.24, 2.45) is 17.1 Å². The second-order valence-electron chi connectivity index (χ2n) is 6.01. The molecule has 0 aromatic carbocycles. The molecule has 0 spiro atoms. The lowest BCUT2D eigenvalue weighted by molar-refractivity contribution is -0.160. The van der Waals surface area contributed by atoms with E-state index in [4.69, 9.17) is 5.73 Å². The molecule has 1 aliphatic heterocycles. The first-order chi connectivity index (χ1) is 8.18. The molecule has 3 unspecified atom stereocenters. The van der Waals surface area contributed by atoms with Crippen molar-refractivity contribution in [3.63, 3.8) is 0 Å². The molecule has 0 saturated carbocycles. The number of carboxylic acid groups (broad SMARTS) is 1. The van der Waals surface area contributed by atoms with Crippen LogP contribution in [0.25, 0.3) is 0 Å². The van der Waals surface area contributed by atoms with Gasteiger partial charge >= 0.3 is 5.97 Å². The van der Waals surface area contributed by atoms with E-state index in [9.17, 15) is 14.7 Å². The summed E-state index contributed by atoms with van der Waals surface area (Å²) in [7, 11) is 0. The van der Waals surface area contributed by atoms with E-state index in [2.05, 4.69) is 0 Å². The predicted molar refractivity (Wildman–Crippen MR) is 69.0 cm³/mol. The molecule has 1 heterocycles. The number of hydrogen-bond acceptors (Lipinski definition) is 3. The zero-order valence-electron chi connectivity index (χ0n) is 11.6. The smallest absolute Gasteiger partial charge is 0.326 e. The maximum absolute atomic E-state index is 12.3. The highest BCUT2D eigenvalue weighted by Gasteiger charge is 2.45. The third-order valence-electron chi connectivity index (χ3n) is 3.97. The molecule has 104 valence electrons. The van der Waals surface area contributed by atoms with Crippen LogP contribution in [0.5, 0.6) is 0 Å². The summed E-state index contributed by atoms with van der Waals surface area (Å²) in [6, 6.07) is -1.02. The Morgan fingerprint density at radius 2 is 1.94 bits per heavy atom. The van der Waals surface area contributed by atoms with Crippen LogP contribution in [0.4, 0.5) is 0 Å². The van der Waals surface area contributed by atoms with Crippen molar-refractivity contribution in [2.75, 3.05) is 6.54 Å². The minimum atomic E-state index is -0.926. The molecule has 1 rings (SSSR count).